The molecule has 2 N–H and O–H groups in total. The van der Waals surface area contributed by atoms with E-state index in [1.165, 1.54) is 18.3 Å². The zero-order chi connectivity index (χ0) is 14.8. The first-order chi connectivity index (χ1) is 10.1. The number of benzene rings is 1. The molecule has 3 aromatic rings. The zero-order valence-electron chi connectivity index (χ0n) is 11.4. The van der Waals surface area contributed by atoms with Crippen LogP contribution in [-0.4, -0.2) is 15.9 Å². The van der Waals surface area contributed by atoms with Gasteiger partial charge in [0, 0.05) is 12.5 Å². The topological polar surface area (TPSA) is 78.1 Å². The largest absolute Gasteiger partial charge is 0.461 e. The average Bonchev–Trinajstić information content (AvgIpc) is 2.94. The van der Waals surface area contributed by atoms with Gasteiger partial charge in [0.1, 0.15) is 12.4 Å². The van der Waals surface area contributed by atoms with Crippen molar-refractivity contribution in [2.75, 3.05) is 5.73 Å². The molecule has 1 aromatic carbocycles. The van der Waals surface area contributed by atoms with Crippen LogP contribution in [0.3, 0.4) is 0 Å². The van der Waals surface area contributed by atoms with Crippen molar-refractivity contribution in [2.45, 2.75) is 13.5 Å². The number of anilines is 1. The smallest absolute Gasteiger partial charge is 0.302 e. The molecule has 0 aliphatic carbocycles. The molecule has 0 spiro atoms. The van der Waals surface area contributed by atoms with Crippen LogP contribution < -0.4 is 5.73 Å². The van der Waals surface area contributed by atoms with E-state index in [1.807, 2.05) is 35.7 Å². The van der Waals surface area contributed by atoms with Crippen LogP contribution in [0, 0.1) is 0 Å². The Labute approximate surface area is 125 Å². The maximum atomic E-state index is 10.9. The minimum absolute atomic E-state index is 0.235. The third kappa shape index (κ3) is 2.85. The van der Waals surface area contributed by atoms with Crippen molar-refractivity contribution in [1.29, 1.82) is 0 Å². The maximum Gasteiger partial charge on any atom is 0.302 e. The van der Waals surface area contributed by atoms with Gasteiger partial charge in [-0.15, -0.1) is 11.3 Å². The molecule has 2 aromatic heterocycles. The second-order valence-electron chi connectivity index (χ2n) is 4.55. The lowest BCUT2D eigenvalue weighted by atomic mass is 10.1. The number of ether oxygens (including phenoxy) is 1. The molecule has 21 heavy (non-hydrogen) atoms. The van der Waals surface area contributed by atoms with E-state index in [0.29, 0.717) is 11.6 Å². The van der Waals surface area contributed by atoms with Crippen molar-refractivity contribution in [3.8, 4) is 11.4 Å². The molecular weight excluding hydrogens is 286 g/mol. The van der Waals surface area contributed by atoms with E-state index in [1.54, 1.807) is 0 Å². The molecule has 0 aliphatic rings. The van der Waals surface area contributed by atoms with Crippen LogP contribution in [-0.2, 0) is 16.1 Å². The summed E-state index contributed by atoms with van der Waals surface area (Å²) in [5.41, 5.74) is 8.54. The standard InChI is InChI=1S/C15H13N3O2S/c1-9(19)20-8-10-3-2-4-11(7-10)15-17-12-5-6-21-13(12)14(16)18-15/h2-7H,8H2,1H3,(H2,16,17,18). The van der Waals surface area contributed by atoms with Gasteiger partial charge in [-0.25, -0.2) is 9.97 Å². The summed E-state index contributed by atoms with van der Waals surface area (Å²) < 4.78 is 5.90. The molecule has 0 fully saturated rings. The molecule has 0 atom stereocenters. The molecule has 0 radical (unpaired) electrons. The Morgan fingerprint density at radius 3 is 3.00 bits per heavy atom. The number of rotatable bonds is 3. The molecule has 0 aliphatic heterocycles. The first-order valence-corrected chi connectivity index (χ1v) is 7.25. The SMILES string of the molecule is CC(=O)OCc1cccc(-c2nc(N)c3sccc3n2)c1. The lowest BCUT2D eigenvalue weighted by molar-refractivity contribution is -0.142. The second kappa shape index (κ2) is 5.49. The number of carbonyl (C=O) groups is 1. The predicted molar refractivity (Wildman–Crippen MR) is 82.7 cm³/mol. The number of nitrogen functional groups attached to an aromatic ring is 1. The van der Waals surface area contributed by atoms with Gasteiger partial charge in [0.05, 0.1) is 10.2 Å². The van der Waals surface area contributed by atoms with E-state index in [-0.39, 0.29) is 12.6 Å². The highest BCUT2D eigenvalue weighted by Crippen LogP contribution is 2.27. The Bertz CT molecular complexity index is 814. The quantitative estimate of drug-likeness (QED) is 0.752. The first kappa shape index (κ1) is 13.5. The first-order valence-electron chi connectivity index (χ1n) is 6.37. The van der Waals surface area contributed by atoms with Crippen molar-refractivity contribution in [3.05, 3.63) is 41.3 Å². The summed E-state index contributed by atoms with van der Waals surface area (Å²) in [6.07, 6.45) is 0. The molecule has 0 saturated heterocycles. The average molecular weight is 299 g/mol. The van der Waals surface area contributed by atoms with Crippen LogP contribution >= 0.6 is 11.3 Å². The van der Waals surface area contributed by atoms with E-state index >= 15 is 0 Å². The molecule has 6 heteroatoms. The van der Waals surface area contributed by atoms with Crippen molar-refractivity contribution in [2.24, 2.45) is 0 Å². The molecule has 0 amide bonds. The van der Waals surface area contributed by atoms with E-state index in [9.17, 15) is 4.79 Å². The number of thiophene rings is 1. The molecule has 3 rings (SSSR count). The van der Waals surface area contributed by atoms with Gasteiger partial charge in [-0.2, -0.15) is 0 Å². The summed E-state index contributed by atoms with van der Waals surface area (Å²) in [6.45, 7) is 1.62. The highest BCUT2D eigenvalue weighted by molar-refractivity contribution is 7.17. The Morgan fingerprint density at radius 2 is 2.19 bits per heavy atom. The molecule has 106 valence electrons. The summed E-state index contributed by atoms with van der Waals surface area (Å²) in [5.74, 6) is 0.749. The van der Waals surface area contributed by atoms with E-state index < -0.39 is 0 Å². The summed E-state index contributed by atoms with van der Waals surface area (Å²) >= 11 is 1.52. The van der Waals surface area contributed by atoms with Crippen molar-refractivity contribution in [1.82, 2.24) is 9.97 Å². The van der Waals surface area contributed by atoms with Crippen LogP contribution in [0.2, 0.25) is 0 Å². The number of hydrogen-bond acceptors (Lipinski definition) is 6. The van der Waals surface area contributed by atoms with Gasteiger partial charge in [-0.1, -0.05) is 18.2 Å². The number of fused-ring (bicyclic) bond motifs is 1. The number of esters is 1. The Kier molecular flexibility index (Phi) is 3.53. The Hall–Kier alpha value is -2.47. The predicted octanol–water partition coefficient (Wildman–Crippen LogP) is 3.00. The van der Waals surface area contributed by atoms with E-state index in [2.05, 4.69) is 9.97 Å². The third-order valence-corrected chi connectivity index (χ3v) is 3.88. The maximum absolute atomic E-state index is 10.9. The molecule has 0 saturated carbocycles. The van der Waals surface area contributed by atoms with Crippen LogP contribution in [0.5, 0.6) is 0 Å². The Morgan fingerprint density at radius 1 is 1.33 bits per heavy atom. The normalized spacial score (nSPS) is 10.7. The van der Waals surface area contributed by atoms with E-state index in [0.717, 1.165) is 21.3 Å². The van der Waals surface area contributed by atoms with Gasteiger partial charge < -0.3 is 10.5 Å². The van der Waals surface area contributed by atoms with Gasteiger partial charge in [0.25, 0.3) is 0 Å². The van der Waals surface area contributed by atoms with Crippen molar-refractivity contribution in [3.63, 3.8) is 0 Å². The van der Waals surface area contributed by atoms with Crippen LogP contribution in [0.1, 0.15) is 12.5 Å². The Balaban J connectivity index is 1.98. The summed E-state index contributed by atoms with van der Waals surface area (Å²) in [6, 6.07) is 9.49. The van der Waals surface area contributed by atoms with Crippen molar-refractivity contribution < 1.29 is 9.53 Å². The highest BCUT2D eigenvalue weighted by atomic mass is 32.1. The fourth-order valence-corrected chi connectivity index (χ4v) is 2.73. The fraction of sp³-hybridized carbons (Fsp3) is 0.133. The number of hydrogen-bond donors (Lipinski definition) is 1. The minimum atomic E-state index is -0.305. The van der Waals surface area contributed by atoms with E-state index in [4.69, 9.17) is 10.5 Å². The van der Waals surface area contributed by atoms with Gasteiger partial charge >= 0.3 is 5.97 Å². The molecule has 0 bridgehead atoms. The van der Waals surface area contributed by atoms with Gasteiger partial charge in [0.15, 0.2) is 5.82 Å². The second-order valence-corrected chi connectivity index (χ2v) is 5.46. The number of aromatic nitrogens is 2. The van der Waals surface area contributed by atoms with Gasteiger partial charge in [-0.3, -0.25) is 4.79 Å². The highest BCUT2D eigenvalue weighted by Gasteiger charge is 2.09. The summed E-state index contributed by atoms with van der Waals surface area (Å²) in [4.78, 5) is 19.7. The van der Waals surface area contributed by atoms with Crippen LogP contribution in [0.4, 0.5) is 5.82 Å². The van der Waals surface area contributed by atoms with Gasteiger partial charge in [-0.05, 0) is 23.1 Å². The number of carbonyl (C=O) groups excluding carboxylic acids is 1. The fourth-order valence-electron chi connectivity index (χ4n) is 2.00. The van der Waals surface area contributed by atoms with Gasteiger partial charge in [0.2, 0.25) is 0 Å². The molecular formula is C15H13N3O2S. The molecule has 5 nitrogen and oxygen atoms in total. The summed E-state index contributed by atoms with van der Waals surface area (Å²) in [5, 5.41) is 1.94. The zero-order valence-corrected chi connectivity index (χ0v) is 12.2. The van der Waals surface area contributed by atoms with Crippen LogP contribution in [0.25, 0.3) is 21.6 Å². The summed E-state index contributed by atoms with van der Waals surface area (Å²) in [7, 11) is 0. The van der Waals surface area contributed by atoms with Crippen molar-refractivity contribution >= 4 is 33.3 Å². The van der Waals surface area contributed by atoms with Crippen LogP contribution in [0.15, 0.2) is 35.7 Å². The third-order valence-electron chi connectivity index (χ3n) is 2.96. The number of nitrogens with zero attached hydrogens (tertiary/aromatic N) is 2. The minimum Gasteiger partial charge on any atom is -0.461 e. The molecule has 2 heterocycles. The monoisotopic (exact) mass is 299 g/mol. The lowest BCUT2D eigenvalue weighted by Gasteiger charge is -2.06. The molecule has 0 unspecified atom stereocenters. The number of nitrogens with two attached hydrogens (primary N) is 1. The lowest BCUT2D eigenvalue weighted by Crippen LogP contribution is -2.00.